The molecule has 0 radical (unpaired) electrons. The molecule has 0 atom stereocenters. The van der Waals surface area contributed by atoms with Gasteiger partial charge in [-0.1, -0.05) is 12.1 Å². The largest absolute Gasteiger partial charge is 0.508 e. The van der Waals surface area contributed by atoms with Crippen molar-refractivity contribution in [3.8, 4) is 23.1 Å². The Labute approximate surface area is 234 Å². The molecule has 0 amide bonds. The number of aliphatic carboxylic acids is 1. The Bertz CT molecular complexity index is 1490. The summed E-state index contributed by atoms with van der Waals surface area (Å²) < 4.78 is 94.4. The summed E-state index contributed by atoms with van der Waals surface area (Å²) in [6, 6.07) is 8.47. The molecule has 2 aromatic carbocycles. The Morgan fingerprint density at radius 2 is 1.71 bits per heavy atom. The summed E-state index contributed by atoms with van der Waals surface area (Å²) in [5.41, 5.74) is -4.45. The van der Waals surface area contributed by atoms with Gasteiger partial charge in [-0.3, -0.25) is 4.79 Å². The number of carboxylic acids is 1. The Morgan fingerprint density at radius 1 is 1.00 bits per heavy atom. The fourth-order valence-electron chi connectivity index (χ4n) is 3.33. The second kappa shape index (κ2) is 12.4. The number of halogens is 6. The minimum Gasteiger partial charge on any atom is -0.489 e. The minimum atomic E-state index is -4.92. The van der Waals surface area contributed by atoms with Crippen molar-refractivity contribution in [3.63, 3.8) is 0 Å². The Kier molecular flexibility index (Phi) is 9.34. The topological polar surface area (TPSA) is 137 Å². The molecule has 0 fully saturated rings. The molecule has 0 aliphatic rings. The SMILES string of the molecule is CC(C)(COC(=O)OCCn1nc(C#N)c(-c2cccc(OCc3cc(C(F)(F)F)ccc3C(F)(F)F)c2)n1)C(=O)O. The van der Waals surface area contributed by atoms with Gasteiger partial charge in [0.25, 0.3) is 0 Å². The van der Waals surface area contributed by atoms with Gasteiger partial charge in [-0.2, -0.15) is 41.5 Å². The van der Waals surface area contributed by atoms with Crippen molar-refractivity contribution >= 4 is 12.1 Å². The molecule has 10 nitrogen and oxygen atoms in total. The highest BCUT2D eigenvalue weighted by Gasteiger charge is 2.37. The number of nitrogens with zero attached hydrogens (tertiary/aromatic N) is 4. The number of nitriles is 1. The van der Waals surface area contributed by atoms with Crippen LogP contribution in [0.3, 0.4) is 0 Å². The highest BCUT2D eigenvalue weighted by atomic mass is 19.4. The monoisotopic (exact) mass is 600 g/mol. The zero-order chi connectivity index (χ0) is 31.3. The average molecular weight is 600 g/mol. The molecule has 1 N–H and O–H groups in total. The molecule has 224 valence electrons. The van der Waals surface area contributed by atoms with E-state index in [-0.39, 0.29) is 35.9 Å². The zero-order valence-electron chi connectivity index (χ0n) is 21.9. The van der Waals surface area contributed by atoms with Gasteiger partial charge in [-0.25, -0.2) is 4.79 Å². The van der Waals surface area contributed by atoms with E-state index in [4.69, 9.17) is 19.3 Å². The van der Waals surface area contributed by atoms with Crippen LogP contribution in [0.1, 0.15) is 36.2 Å². The number of benzene rings is 2. The first-order valence-electron chi connectivity index (χ1n) is 11.9. The van der Waals surface area contributed by atoms with Gasteiger partial charge >= 0.3 is 24.5 Å². The van der Waals surface area contributed by atoms with E-state index in [1.54, 1.807) is 0 Å². The fourth-order valence-corrected chi connectivity index (χ4v) is 3.33. The smallest absolute Gasteiger partial charge is 0.489 e. The fraction of sp³-hybridized carbons (Fsp3) is 0.346. The maximum atomic E-state index is 13.4. The number of ether oxygens (including phenoxy) is 3. The second-order valence-corrected chi connectivity index (χ2v) is 9.37. The van der Waals surface area contributed by atoms with Crippen molar-refractivity contribution in [2.24, 2.45) is 5.41 Å². The summed E-state index contributed by atoms with van der Waals surface area (Å²) in [6.45, 7) is 1.01. The number of hydrogen-bond acceptors (Lipinski definition) is 8. The van der Waals surface area contributed by atoms with E-state index >= 15 is 0 Å². The van der Waals surface area contributed by atoms with E-state index in [0.29, 0.717) is 18.2 Å². The third-order valence-corrected chi connectivity index (χ3v) is 5.64. The number of hydrogen-bond donors (Lipinski definition) is 1. The van der Waals surface area contributed by atoms with Crippen LogP contribution in [0.4, 0.5) is 31.1 Å². The highest BCUT2D eigenvalue weighted by molar-refractivity contribution is 5.74. The number of aromatic nitrogens is 3. The molecule has 0 saturated heterocycles. The van der Waals surface area contributed by atoms with Crippen LogP contribution in [0.25, 0.3) is 11.3 Å². The Morgan fingerprint density at radius 3 is 2.33 bits per heavy atom. The van der Waals surface area contributed by atoms with Gasteiger partial charge in [0.2, 0.25) is 0 Å². The number of rotatable bonds is 10. The molecule has 1 heterocycles. The van der Waals surface area contributed by atoms with Crippen molar-refractivity contribution in [3.05, 3.63) is 64.8 Å². The van der Waals surface area contributed by atoms with Crippen LogP contribution in [-0.4, -0.2) is 45.4 Å². The molecule has 0 spiro atoms. The lowest BCUT2D eigenvalue weighted by molar-refractivity contribution is -0.149. The summed E-state index contributed by atoms with van der Waals surface area (Å²) in [6.07, 6.45) is -10.9. The van der Waals surface area contributed by atoms with Crippen molar-refractivity contribution in [1.82, 2.24) is 15.0 Å². The molecule has 3 rings (SSSR count). The van der Waals surface area contributed by atoms with E-state index < -0.39 is 59.8 Å². The molecule has 42 heavy (non-hydrogen) atoms. The number of alkyl halides is 6. The molecule has 0 aliphatic carbocycles. The van der Waals surface area contributed by atoms with E-state index in [9.17, 15) is 41.2 Å². The van der Waals surface area contributed by atoms with Crippen LogP contribution in [0.5, 0.6) is 5.75 Å². The van der Waals surface area contributed by atoms with E-state index in [2.05, 4.69) is 10.2 Å². The standard InChI is InChI=1S/C26H22F6N4O6/c1-24(2,22(37)38)14-42-23(39)40-9-8-36-34-20(12-33)21(35-36)15-4-3-5-18(11-15)41-13-16-10-17(25(27,28)29)6-7-19(16)26(30,31)32/h3-7,10-11H,8-9,13-14H2,1-2H3,(H,37,38). The van der Waals surface area contributed by atoms with Crippen LogP contribution < -0.4 is 4.74 Å². The van der Waals surface area contributed by atoms with E-state index in [1.807, 2.05) is 6.07 Å². The van der Waals surface area contributed by atoms with Crippen molar-refractivity contribution in [2.45, 2.75) is 39.4 Å². The first-order valence-corrected chi connectivity index (χ1v) is 11.9. The van der Waals surface area contributed by atoms with Crippen molar-refractivity contribution in [2.75, 3.05) is 13.2 Å². The number of carboxylic acid groups (broad SMARTS) is 1. The molecule has 0 aliphatic heterocycles. The minimum absolute atomic E-state index is 0.0214. The van der Waals surface area contributed by atoms with E-state index in [1.165, 1.54) is 38.1 Å². The molecule has 1 aromatic heterocycles. The summed E-state index contributed by atoms with van der Waals surface area (Å²) in [5, 5.41) is 26.6. The third kappa shape index (κ3) is 8.12. The molecular formula is C26H22F6N4O6. The average Bonchev–Trinajstić information content (AvgIpc) is 3.33. The lowest BCUT2D eigenvalue weighted by atomic mass is 9.95. The van der Waals surface area contributed by atoms with Crippen LogP contribution >= 0.6 is 0 Å². The number of carbonyl (C=O) groups excluding carboxylic acids is 1. The second-order valence-electron chi connectivity index (χ2n) is 9.37. The van der Waals surface area contributed by atoms with Crippen LogP contribution in [0, 0.1) is 16.7 Å². The summed E-state index contributed by atoms with van der Waals surface area (Å²) in [5.74, 6) is -1.20. The Balaban J connectivity index is 1.71. The van der Waals surface area contributed by atoms with Gasteiger partial charge in [-0.15, -0.1) is 5.10 Å². The van der Waals surface area contributed by atoms with Crippen LogP contribution in [0.15, 0.2) is 42.5 Å². The van der Waals surface area contributed by atoms with Crippen molar-refractivity contribution in [1.29, 1.82) is 5.26 Å². The van der Waals surface area contributed by atoms with Crippen molar-refractivity contribution < 1.29 is 55.2 Å². The predicted octanol–water partition coefficient (Wildman–Crippen LogP) is 5.70. The molecule has 16 heteroatoms. The quantitative estimate of drug-likeness (QED) is 0.230. The highest BCUT2D eigenvalue weighted by Crippen LogP contribution is 2.37. The van der Waals surface area contributed by atoms with E-state index in [0.717, 1.165) is 4.80 Å². The first-order chi connectivity index (χ1) is 19.5. The first kappa shape index (κ1) is 31.7. The summed E-state index contributed by atoms with van der Waals surface area (Å²) >= 11 is 0. The van der Waals surface area contributed by atoms with Crippen LogP contribution in [-0.2, 0) is 39.8 Å². The molecular weight excluding hydrogens is 578 g/mol. The normalized spacial score (nSPS) is 12.0. The molecule has 0 unspecified atom stereocenters. The third-order valence-electron chi connectivity index (χ3n) is 5.64. The summed E-state index contributed by atoms with van der Waals surface area (Å²) in [7, 11) is 0. The lowest BCUT2D eigenvalue weighted by Gasteiger charge is -2.18. The number of carbonyl (C=O) groups is 2. The zero-order valence-corrected chi connectivity index (χ0v) is 21.9. The van der Waals surface area contributed by atoms with Gasteiger partial charge in [0.05, 0.1) is 23.1 Å². The molecule has 0 saturated carbocycles. The van der Waals surface area contributed by atoms with Gasteiger partial charge < -0.3 is 19.3 Å². The molecule has 0 bridgehead atoms. The lowest BCUT2D eigenvalue weighted by Crippen LogP contribution is -2.30. The van der Waals surface area contributed by atoms with Gasteiger partial charge in [-0.05, 0) is 44.2 Å². The van der Waals surface area contributed by atoms with Gasteiger partial charge in [0.15, 0.2) is 5.69 Å². The Hall–Kier alpha value is -4.81. The maximum Gasteiger partial charge on any atom is 0.508 e. The summed E-state index contributed by atoms with van der Waals surface area (Å²) in [4.78, 5) is 23.8. The maximum absolute atomic E-state index is 13.4. The van der Waals surface area contributed by atoms with Crippen LogP contribution in [0.2, 0.25) is 0 Å². The van der Waals surface area contributed by atoms with Gasteiger partial charge in [0, 0.05) is 11.1 Å². The van der Waals surface area contributed by atoms with Gasteiger partial charge in [0.1, 0.15) is 37.3 Å². The molecule has 3 aromatic rings. The predicted molar refractivity (Wildman–Crippen MR) is 130 cm³/mol.